The van der Waals surface area contributed by atoms with Crippen molar-refractivity contribution in [3.8, 4) is 5.88 Å². The summed E-state index contributed by atoms with van der Waals surface area (Å²) in [6.07, 6.45) is 1.62. The Morgan fingerprint density at radius 3 is 2.88 bits per heavy atom. The Hall–Kier alpha value is -2.01. The molecule has 1 aromatic heterocycles. The van der Waals surface area contributed by atoms with Crippen LogP contribution in [0, 0.1) is 0 Å². The van der Waals surface area contributed by atoms with Gasteiger partial charge in [0, 0.05) is 18.7 Å². The molecule has 1 aromatic carbocycles. The first-order chi connectivity index (χ1) is 7.77. The van der Waals surface area contributed by atoms with Gasteiger partial charge in [-0.3, -0.25) is 10.3 Å². The van der Waals surface area contributed by atoms with Crippen molar-refractivity contribution in [2.45, 2.75) is 6.61 Å². The number of aromatic amines is 1. The number of rotatable bonds is 4. The Kier molecular flexibility index (Phi) is 3.07. The number of ether oxygens (including phenoxy) is 1. The summed E-state index contributed by atoms with van der Waals surface area (Å²) < 4.78 is 5.47. The van der Waals surface area contributed by atoms with E-state index in [2.05, 4.69) is 10.2 Å². The van der Waals surface area contributed by atoms with E-state index in [0.717, 1.165) is 16.3 Å². The van der Waals surface area contributed by atoms with Crippen molar-refractivity contribution in [2.75, 3.05) is 12.1 Å². The quantitative estimate of drug-likeness (QED) is 0.770. The highest BCUT2D eigenvalue weighted by molar-refractivity contribution is 5.50. The third-order valence-electron chi connectivity index (χ3n) is 2.20. The Morgan fingerprint density at radius 1 is 1.38 bits per heavy atom. The van der Waals surface area contributed by atoms with Gasteiger partial charge in [0.25, 0.3) is 0 Å². The molecule has 0 bridgehead atoms. The van der Waals surface area contributed by atoms with Crippen LogP contribution in [0.2, 0.25) is 0 Å². The van der Waals surface area contributed by atoms with Crippen LogP contribution in [0.3, 0.4) is 0 Å². The summed E-state index contributed by atoms with van der Waals surface area (Å²) in [7, 11) is 1.58. The third kappa shape index (κ3) is 2.32. The highest BCUT2D eigenvalue weighted by Gasteiger charge is 2.05. The van der Waals surface area contributed by atoms with E-state index in [-0.39, 0.29) is 0 Å². The minimum Gasteiger partial charge on any atom is -0.473 e. The summed E-state index contributed by atoms with van der Waals surface area (Å²) in [5.74, 6) is 0.607. The van der Waals surface area contributed by atoms with Crippen molar-refractivity contribution in [1.82, 2.24) is 10.2 Å². The molecule has 0 amide bonds. The lowest BCUT2D eigenvalue weighted by atomic mass is 10.2. The summed E-state index contributed by atoms with van der Waals surface area (Å²) in [4.78, 5) is 0. The minimum absolute atomic E-state index is 0.378. The highest BCUT2D eigenvalue weighted by atomic mass is 16.5. The maximum Gasteiger partial charge on any atom is 0.209 e. The van der Waals surface area contributed by atoms with E-state index in [4.69, 9.17) is 4.74 Å². The van der Waals surface area contributed by atoms with E-state index in [1.807, 2.05) is 24.3 Å². The molecule has 2 aromatic rings. The maximum absolute atomic E-state index is 9.42. The lowest BCUT2D eigenvalue weighted by molar-refractivity contribution is 0.268. The van der Waals surface area contributed by atoms with E-state index in [0.29, 0.717) is 12.5 Å². The molecule has 0 aliphatic rings. The largest absolute Gasteiger partial charge is 0.473 e. The van der Waals surface area contributed by atoms with Crippen molar-refractivity contribution in [3.63, 3.8) is 0 Å². The molecule has 0 fully saturated rings. The normalized spacial score (nSPS) is 10.1. The predicted molar refractivity (Wildman–Crippen MR) is 59.6 cm³/mol. The molecule has 5 heteroatoms. The zero-order valence-corrected chi connectivity index (χ0v) is 8.92. The van der Waals surface area contributed by atoms with E-state index < -0.39 is 0 Å². The highest BCUT2D eigenvalue weighted by Crippen LogP contribution is 2.19. The van der Waals surface area contributed by atoms with E-state index in [9.17, 15) is 5.21 Å². The molecule has 2 N–H and O–H groups in total. The van der Waals surface area contributed by atoms with Gasteiger partial charge in [-0.05, 0) is 6.07 Å². The van der Waals surface area contributed by atoms with E-state index >= 15 is 0 Å². The average Bonchev–Trinajstić information content (AvgIpc) is 2.79. The second kappa shape index (κ2) is 4.67. The van der Waals surface area contributed by atoms with Crippen LogP contribution in [0.4, 0.5) is 5.69 Å². The van der Waals surface area contributed by atoms with Crippen molar-refractivity contribution in [1.29, 1.82) is 0 Å². The van der Waals surface area contributed by atoms with Crippen LogP contribution in [-0.2, 0) is 6.61 Å². The number of hydrogen-bond donors (Lipinski definition) is 2. The number of nitrogens with zero attached hydrogens (tertiary/aromatic N) is 2. The molecule has 0 aliphatic heterocycles. The van der Waals surface area contributed by atoms with E-state index in [1.54, 1.807) is 19.3 Å². The maximum atomic E-state index is 9.42. The number of hydrogen-bond acceptors (Lipinski definition) is 4. The molecular weight excluding hydrogens is 206 g/mol. The van der Waals surface area contributed by atoms with Crippen LogP contribution < -0.4 is 9.80 Å². The van der Waals surface area contributed by atoms with Crippen LogP contribution >= 0.6 is 0 Å². The van der Waals surface area contributed by atoms with Crippen LogP contribution in [0.25, 0.3) is 0 Å². The summed E-state index contributed by atoms with van der Waals surface area (Å²) in [6, 6.07) is 9.23. The van der Waals surface area contributed by atoms with Gasteiger partial charge in [0.2, 0.25) is 5.88 Å². The second-order valence-electron chi connectivity index (χ2n) is 3.36. The first-order valence-corrected chi connectivity index (χ1v) is 4.90. The third-order valence-corrected chi connectivity index (χ3v) is 2.20. The smallest absolute Gasteiger partial charge is 0.209 e. The van der Waals surface area contributed by atoms with Gasteiger partial charge in [-0.1, -0.05) is 18.2 Å². The predicted octanol–water partition coefficient (Wildman–Crippen LogP) is 1.81. The van der Waals surface area contributed by atoms with Crippen LogP contribution in [0.1, 0.15) is 5.56 Å². The fourth-order valence-corrected chi connectivity index (χ4v) is 1.43. The van der Waals surface area contributed by atoms with Gasteiger partial charge in [-0.15, -0.1) is 0 Å². The number of nitrogens with one attached hydrogen (secondary N) is 1. The number of benzene rings is 1. The van der Waals surface area contributed by atoms with Gasteiger partial charge >= 0.3 is 0 Å². The molecule has 0 spiro atoms. The van der Waals surface area contributed by atoms with E-state index in [1.165, 1.54) is 0 Å². The van der Waals surface area contributed by atoms with Crippen LogP contribution in [0.15, 0.2) is 36.5 Å². The standard InChI is InChI=1S/C11H13N3O2/c1-14(15)10-5-3-2-4-9(10)8-16-11-6-7-12-13-11/h2-7,15H,8H2,1H3,(H,12,13). The number of para-hydroxylation sites is 1. The molecule has 16 heavy (non-hydrogen) atoms. The Bertz CT molecular complexity index is 440. The molecule has 84 valence electrons. The Balaban J connectivity index is 2.09. The monoisotopic (exact) mass is 219 g/mol. The Morgan fingerprint density at radius 2 is 2.19 bits per heavy atom. The average molecular weight is 219 g/mol. The van der Waals surface area contributed by atoms with Gasteiger partial charge in [0.05, 0.1) is 11.9 Å². The summed E-state index contributed by atoms with van der Waals surface area (Å²) in [6.45, 7) is 0.378. The molecule has 5 nitrogen and oxygen atoms in total. The molecule has 0 unspecified atom stereocenters. The molecule has 0 aliphatic carbocycles. The van der Waals surface area contributed by atoms with Crippen LogP contribution in [-0.4, -0.2) is 22.5 Å². The van der Waals surface area contributed by atoms with Crippen molar-refractivity contribution < 1.29 is 9.94 Å². The SMILES string of the molecule is CN(O)c1ccccc1COc1ccn[nH]1. The summed E-state index contributed by atoms with van der Waals surface area (Å²) in [5.41, 5.74) is 1.63. The zero-order valence-electron chi connectivity index (χ0n) is 8.92. The number of H-pyrrole nitrogens is 1. The first-order valence-electron chi connectivity index (χ1n) is 4.90. The molecule has 0 saturated carbocycles. The molecule has 1 heterocycles. The summed E-state index contributed by atoms with van der Waals surface area (Å²) in [5, 5.41) is 17.0. The second-order valence-corrected chi connectivity index (χ2v) is 3.36. The fourth-order valence-electron chi connectivity index (χ4n) is 1.43. The summed E-state index contributed by atoms with van der Waals surface area (Å²) >= 11 is 0. The molecule has 0 saturated heterocycles. The van der Waals surface area contributed by atoms with Crippen molar-refractivity contribution in [2.24, 2.45) is 0 Å². The van der Waals surface area contributed by atoms with Gasteiger partial charge in [0.1, 0.15) is 6.61 Å². The fraction of sp³-hybridized carbons (Fsp3) is 0.182. The molecule has 0 atom stereocenters. The van der Waals surface area contributed by atoms with Crippen LogP contribution in [0.5, 0.6) is 5.88 Å². The minimum atomic E-state index is 0.378. The zero-order chi connectivity index (χ0) is 11.4. The van der Waals surface area contributed by atoms with Gasteiger partial charge in [0.15, 0.2) is 0 Å². The number of aromatic nitrogens is 2. The molecule has 2 rings (SSSR count). The first kappa shape index (κ1) is 10.5. The lowest BCUT2D eigenvalue weighted by Gasteiger charge is -2.15. The lowest BCUT2D eigenvalue weighted by Crippen LogP contribution is -2.13. The Labute approximate surface area is 93.2 Å². The van der Waals surface area contributed by atoms with Gasteiger partial charge in [-0.25, -0.2) is 5.10 Å². The molecule has 0 radical (unpaired) electrons. The molecular formula is C11H13N3O2. The van der Waals surface area contributed by atoms with Gasteiger partial charge < -0.3 is 4.74 Å². The van der Waals surface area contributed by atoms with Gasteiger partial charge in [-0.2, -0.15) is 5.10 Å². The number of anilines is 1. The number of hydroxylamine groups is 1. The van der Waals surface area contributed by atoms with Crippen molar-refractivity contribution >= 4 is 5.69 Å². The van der Waals surface area contributed by atoms with Crippen molar-refractivity contribution in [3.05, 3.63) is 42.1 Å². The topological polar surface area (TPSA) is 61.4 Å².